The summed E-state index contributed by atoms with van der Waals surface area (Å²) in [5, 5.41) is 0. The second-order valence-corrected chi connectivity index (χ2v) is 6.38. The summed E-state index contributed by atoms with van der Waals surface area (Å²) in [6.07, 6.45) is 4.72. The number of thiocarbonyl (C=S) groups is 1. The van der Waals surface area contributed by atoms with Crippen molar-refractivity contribution in [3.05, 3.63) is 29.6 Å². The lowest BCUT2D eigenvalue weighted by atomic mass is 9.73. The molecule has 0 aromatic carbocycles. The van der Waals surface area contributed by atoms with Gasteiger partial charge in [0, 0.05) is 12.7 Å². The average Bonchev–Trinajstić information content (AvgIpc) is 2.47. The molecule has 0 atom stereocenters. The highest BCUT2D eigenvalue weighted by Gasteiger charge is 2.43. The molecule has 114 valence electrons. The summed E-state index contributed by atoms with van der Waals surface area (Å²) in [6, 6.07) is 5.84. The van der Waals surface area contributed by atoms with Crippen LogP contribution in [0.3, 0.4) is 0 Å². The molecule has 0 bridgehead atoms. The quantitative estimate of drug-likeness (QED) is 0.869. The number of rotatable bonds is 4. The summed E-state index contributed by atoms with van der Waals surface area (Å²) in [6.45, 7) is 2.44. The van der Waals surface area contributed by atoms with Gasteiger partial charge in [-0.3, -0.25) is 9.78 Å². The van der Waals surface area contributed by atoms with E-state index in [9.17, 15) is 4.79 Å². The number of pyridine rings is 1. The molecule has 0 saturated heterocycles. The van der Waals surface area contributed by atoms with Gasteiger partial charge in [0.2, 0.25) is 5.91 Å². The van der Waals surface area contributed by atoms with Crippen molar-refractivity contribution < 1.29 is 4.79 Å². The molecule has 4 nitrogen and oxygen atoms in total. The predicted molar refractivity (Wildman–Crippen MR) is 87.8 cm³/mol. The first-order chi connectivity index (χ1) is 9.95. The molecule has 1 heterocycles. The van der Waals surface area contributed by atoms with Crippen molar-refractivity contribution in [2.24, 2.45) is 11.1 Å². The van der Waals surface area contributed by atoms with Gasteiger partial charge >= 0.3 is 0 Å². The minimum atomic E-state index is -0.647. The van der Waals surface area contributed by atoms with Crippen LogP contribution in [0.15, 0.2) is 18.2 Å². The van der Waals surface area contributed by atoms with Crippen molar-refractivity contribution >= 4 is 23.1 Å². The van der Waals surface area contributed by atoms with Crippen molar-refractivity contribution in [1.29, 1.82) is 0 Å². The normalized spacial score (nSPS) is 17.2. The van der Waals surface area contributed by atoms with Gasteiger partial charge in [0.1, 0.15) is 0 Å². The highest BCUT2D eigenvalue weighted by molar-refractivity contribution is 7.80. The van der Waals surface area contributed by atoms with E-state index >= 15 is 0 Å². The Labute approximate surface area is 131 Å². The first-order valence-corrected chi connectivity index (χ1v) is 7.84. The number of carbonyl (C=O) groups is 1. The fraction of sp³-hybridized carbons (Fsp3) is 0.562. The van der Waals surface area contributed by atoms with Crippen molar-refractivity contribution in [2.45, 2.75) is 45.6 Å². The van der Waals surface area contributed by atoms with Crippen molar-refractivity contribution in [2.75, 3.05) is 7.05 Å². The van der Waals surface area contributed by atoms with E-state index in [0.717, 1.165) is 43.5 Å². The van der Waals surface area contributed by atoms with Gasteiger partial charge in [-0.15, -0.1) is 0 Å². The fourth-order valence-electron chi connectivity index (χ4n) is 3.09. The molecule has 1 saturated carbocycles. The molecule has 21 heavy (non-hydrogen) atoms. The Morgan fingerprint density at radius 1 is 1.38 bits per heavy atom. The maximum absolute atomic E-state index is 12.9. The first kappa shape index (κ1) is 15.9. The van der Waals surface area contributed by atoms with Crippen LogP contribution < -0.4 is 5.73 Å². The zero-order valence-corrected chi connectivity index (χ0v) is 13.6. The van der Waals surface area contributed by atoms with Crippen LogP contribution in [0.1, 0.15) is 43.5 Å². The third-order valence-corrected chi connectivity index (χ3v) is 4.67. The Kier molecular flexibility index (Phi) is 4.93. The zero-order chi connectivity index (χ0) is 15.5. The zero-order valence-electron chi connectivity index (χ0n) is 12.8. The first-order valence-electron chi connectivity index (χ1n) is 7.44. The van der Waals surface area contributed by atoms with Crippen LogP contribution in [0.4, 0.5) is 0 Å². The molecule has 1 aliphatic carbocycles. The Balaban J connectivity index is 2.15. The van der Waals surface area contributed by atoms with E-state index in [-0.39, 0.29) is 5.91 Å². The van der Waals surface area contributed by atoms with E-state index in [1.165, 1.54) is 0 Å². The lowest BCUT2D eigenvalue weighted by Crippen LogP contribution is -2.50. The fourth-order valence-corrected chi connectivity index (χ4v) is 3.38. The Morgan fingerprint density at radius 3 is 2.62 bits per heavy atom. The summed E-state index contributed by atoms with van der Waals surface area (Å²) in [7, 11) is 1.81. The summed E-state index contributed by atoms with van der Waals surface area (Å²) in [5.41, 5.74) is 7.12. The van der Waals surface area contributed by atoms with Crippen LogP contribution in [-0.4, -0.2) is 27.8 Å². The molecule has 1 fully saturated rings. The van der Waals surface area contributed by atoms with E-state index in [4.69, 9.17) is 18.0 Å². The van der Waals surface area contributed by atoms with E-state index < -0.39 is 5.41 Å². The van der Waals surface area contributed by atoms with E-state index in [0.29, 0.717) is 11.5 Å². The van der Waals surface area contributed by atoms with Crippen molar-refractivity contribution in [1.82, 2.24) is 9.88 Å². The van der Waals surface area contributed by atoms with Crippen LogP contribution >= 0.6 is 12.2 Å². The van der Waals surface area contributed by atoms with Crippen molar-refractivity contribution in [3.8, 4) is 0 Å². The monoisotopic (exact) mass is 305 g/mol. The second kappa shape index (κ2) is 6.52. The number of nitrogens with two attached hydrogens (primary N) is 1. The van der Waals surface area contributed by atoms with Crippen molar-refractivity contribution in [3.63, 3.8) is 0 Å². The highest BCUT2D eigenvalue weighted by Crippen LogP contribution is 2.38. The van der Waals surface area contributed by atoms with Gasteiger partial charge < -0.3 is 10.6 Å². The van der Waals surface area contributed by atoms with Gasteiger partial charge in [0.25, 0.3) is 0 Å². The number of aryl methyl sites for hydroxylation is 1. The highest BCUT2D eigenvalue weighted by atomic mass is 32.1. The standard InChI is InChI=1S/C16H23N3OS/c1-12-7-6-8-13(18-12)11-19(2)15(20)16(14(17)21)9-4-3-5-10-16/h6-8H,3-5,9-11H2,1-2H3,(H2,17,21). The molecule has 1 aromatic rings. The number of hydrogen-bond donors (Lipinski definition) is 1. The summed E-state index contributed by atoms with van der Waals surface area (Å²) >= 11 is 5.22. The third kappa shape index (κ3) is 3.40. The van der Waals surface area contributed by atoms with E-state index in [1.807, 2.05) is 25.1 Å². The summed E-state index contributed by atoms with van der Waals surface area (Å²) in [4.78, 5) is 19.4. The number of aromatic nitrogens is 1. The molecule has 0 aliphatic heterocycles. The number of carbonyl (C=O) groups excluding carboxylic acids is 1. The van der Waals surface area contributed by atoms with Crippen LogP contribution in [-0.2, 0) is 11.3 Å². The molecular weight excluding hydrogens is 282 g/mol. The third-order valence-electron chi connectivity index (χ3n) is 4.28. The van der Waals surface area contributed by atoms with Gasteiger partial charge in [-0.25, -0.2) is 0 Å². The van der Waals surface area contributed by atoms with Gasteiger partial charge in [0.05, 0.1) is 22.6 Å². The van der Waals surface area contributed by atoms with Crippen LogP contribution in [0, 0.1) is 12.3 Å². The molecular formula is C16H23N3OS. The maximum Gasteiger partial charge on any atom is 0.235 e. The molecule has 2 N–H and O–H groups in total. The molecule has 0 radical (unpaired) electrons. The molecule has 0 spiro atoms. The van der Waals surface area contributed by atoms with Crippen LogP contribution in [0.5, 0.6) is 0 Å². The van der Waals surface area contributed by atoms with Gasteiger partial charge in [-0.2, -0.15) is 0 Å². The lowest BCUT2D eigenvalue weighted by Gasteiger charge is -2.37. The smallest absolute Gasteiger partial charge is 0.235 e. The molecule has 2 rings (SSSR count). The Hall–Kier alpha value is -1.49. The maximum atomic E-state index is 12.9. The largest absolute Gasteiger partial charge is 0.392 e. The summed E-state index contributed by atoms with van der Waals surface area (Å²) in [5.74, 6) is 0.0398. The second-order valence-electron chi connectivity index (χ2n) is 5.94. The van der Waals surface area contributed by atoms with Crippen LogP contribution in [0.2, 0.25) is 0 Å². The van der Waals surface area contributed by atoms with E-state index in [2.05, 4.69) is 4.98 Å². The molecule has 1 amide bonds. The Bertz CT molecular complexity index is 538. The number of nitrogens with zero attached hydrogens (tertiary/aromatic N) is 2. The van der Waals surface area contributed by atoms with Gasteiger partial charge in [-0.05, 0) is 31.9 Å². The summed E-state index contributed by atoms with van der Waals surface area (Å²) < 4.78 is 0. The topological polar surface area (TPSA) is 59.2 Å². The SMILES string of the molecule is Cc1cccc(CN(C)C(=O)C2(C(N)=S)CCCCC2)n1. The predicted octanol–water partition coefficient (Wildman–Crippen LogP) is 2.59. The lowest BCUT2D eigenvalue weighted by molar-refractivity contribution is -0.139. The van der Waals surface area contributed by atoms with Gasteiger partial charge in [0.15, 0.2) is 0 Å². The minimum Gasteiger partial charge on any atom is -0.392 e. The minimum absolute atomic E-state index is 0.0398. The molecule has 0 unspecified atom stereocenters. The number of hydrogen-bond acceptors (Lipinski definition) is 3. The molecule has 1 aromatic heterocycles. The van der Waals surface area contributed by atoms with E-state index in [1.54, 1.807) is 11.9 Å². The number of amides is 1. The Morgan fingerprint density at radius 2 is 2.05 bits per heavy atom. The van der Waals surface area contributed by atoms with Gasteiger partial charge in [-0.1, -0.05) is 37.5 Å². The molecule has 5 heteroatoms. The molecule has 1 aliphatic rings. The average molecular weight is 305 g/mol. The van der Waals surface area contributed by atoms with Crippen LogP contribution in [0.25, 0.3) is 0 Å².